The minimum absolute atomic E-state index is 0.0751. The molecule has 0 aromatic heterocycles. The molecule has 0 saturated carbocycles. The summed E-state index contributed by atoms with van der Waals surface area (Å²) in [5.41, 5.74) is 0. The van der Waals surface area contributed by atoms with Crippen LogP contribution in [0, 0.1) is 0 Å². The maximum Gasteiger partial charge on any atom is 0.305 e. The van der Waals surface area contributed by atoms with Crippen LogP contribution < -0.4 is 5.32 Å². The van der Waals surface area contributed by atoms with E-state index in [1.54, 1.807) is 0 Å². The molecule has 1 heterocycles. The highest BCUT2D eigenvalue weighted by atomic mass is 16.5. The first-order valence-electron chi connectivity index (χ1n) is 7.26. The third-order valence-electron chi connectivity index (χ3n) is 3.56. The molecule has 1 N–H and O–H groups in total. The lowest BCUT2D eigenvalue weighted by Gasteiger charge is -2.35. The van der Waals surface area contributed by atoms with Gasteiger partial charge in [0, 0.05) is 18.5 Å². The molecular weight excluding hydrogens is 228 g/mol. The molecule has 1 aliphatic heterocycles. The van der Waals surface area contributed by atoms with Crippen molar-refractivity contribution in [1.29, 1.82) is 0 Å². The monoisotopic (exact) mass is 256 g/mol. The average Bonchev–Trinajstić information content (AvgIpc) is 2.35. The molecule has 18 heavy (non-hydrogen) atoms. The van der Waals surface area contributed by atoms with E-state index in [4.69, 9.17) is 4.74 Å². The number of likely N-dealkylation sites (tertiary alicyclic amines) is 1. The molecule has 1 saturated heterocycles. The molecule has 0 amide bonds. The van der Waals surface area contributed by atoms with Crippen LogP contribution in [0.1, 0.15) is 46.5 Å². The van der Waals surface area contributed by atoms with Crippen molar-refractivity contribution >= 4 is 5.97 Å². The highest BCUT2D eigenvalue weighted by Crippen LogP contribution is 2.12. The largest absolute Gasteiger partial charge is 0.466 e. The number of esters is 1. The van der Waals surface area contributed by atoms with E-state index >= 15 is 0 Å². The summed E-state index contributed by atoms with van der Waals surface area (Å²) in [6, 6.07) is 1.29. The fraction of sp³-hybridized carbons (Fsp3) is 0.929. The van der Waals surface area contributed by atoms with Crippen molar-refractivity contribution in [3.05, 3.63) is 0 Å². The molecule has 4 heteroatoms. The Labute approximate surface area is 111 Å². The summed E-state index contributed by atoms with van der Waals surface area (Å²) < 4.78 is 4.90. The van der Waals surface area contributed by atoms with Crippen molar-refractivity contribution in [2.24, 2.45) is 0 Å². The van der Waals surface area contributed by atoms with Crippen LogP contribution in [0.15, 0.2) is 0 Å². The first kappa shape index (κ1) is 15.4. The predicted octanol–water partition coefficient (Wildman–Crippen LogP) is 1.79. The molecule has 0 radical (unpaired) electrons. The lowest BCUT2D eigenvalue weighted by molar-refractivity contribution is -0.143. The molecule has 1 aliphatic rings. The summed E-state index contributed by atoms with van der Waals surface area (Å²) in [7, 11) is 0. The van der Waals surface area contributed by atoms with Crippen LogP contribution in [0.3, 0.4) is 0 Å². The summed E-state index contributed by atoms with van der Waals surface area (Å²) in [6.07, 6.45) is 3.85. The van der Waals surface area contributed by atoms with Gasteiger partial charge in [-0.3, -0.25) is 4.79 Å². The van der Waals surface area contributed by atoms with Crippen LogP contribution in [0.25, 0.3) is 0 Å². The second kappa shape index (κ2) is 8.48. The fourth-order valence-corrected chi connectivity index (χ4v) is 2.39. The van der Waals surface area contributed by atoms with E-state index in [2.05, 4.69) is 24.1 Å². The topological polar surface area (TPSA) is 41.6 Å². The Morgan fingerprint density at radius 3 is 2.61 bits per heavy atom. The highest BCUT2D eigenvalue weighted by Gasteiger charge is 2.19. The third kappa shape index (κ3) is 5.83. The first-order chi connectivity index (χ1) is 8.63. The Balaban J connectivity index is 2.02. The van der Waals surface area contributed by atoms with Gasteiger partial charge in [-0.2, -0.15) is 0 Å². The third-order valence-corrected chi connectivity index (χ3v) is 3.56. The van der Waals surface area contributed by atoms with Gasteiger partial charge in [0.05, 0.1) is 6.61 Å². The number of ether oxygens (including phenoxy) is 1. The normalized spacial score (nSPS) is 18.2. The minimum Gasteiger partial charge on any atom is -0.466 e. The maximum atomic E-state index is 11.2. The van der Waals surface area contributed by atoms with Gasteiger partial charge in [0.25, 0.3) is 0 Å². The van der Waals surface area contributed by atoms with Crippen molar-refractivity contribution in [3.63, 3.8) is 0 Å². The number of nitrogens with one attached hydrogen (secondary N) is 1. The Kier molecular flexibility index (Phi) is 7.28. The number of hydrogen-bond donors (Lipinski definition) is 1. The molecule has 0 bridgehead atoms. The molecule has 0 aromatic rings. The van der Waals surface area contributed by atoms with Crippen molar-refractivity contribution < 1.29 is 9.53 Å². The molecule has 0 spiro atoms. The summed E-state index contributed by atoms with van der Waals surface area (Å²) >= 11 is 0. The van der Waals surface area contributed by atoms with E-state index in [0.29, 0.717) is 25.1 Å². The zero-order chi connectivity index (χ0) is 13.4. The van der Waals surface area contributed by atoms with Gasteiger partial charge in [0.1, 0.15) is 0 Å². The molecular formula is C14H28N2O2. The van der Waals surface area contributed by atoms with E-state index in [1.165, 1.54) is 25.9 Å². The molecule has 1 fully saturated rings. The van der Waals surface area contributed by atoms with Gasteiger partial charge in [-0.1, -0.05) is 0 Å². The quantitative estimate of drug-likeness (QED) is 0.557. The standard InChI is InChI=1S/C14H28N2O2/c1-4-18-14(17)6-5-9-15-13-7-10-16(11-8-13)12(2)3/h12-13,15H,4-11H2,1-3H3. The average molecular weight is 256 g/mol. The number of carbonyl (C=O) groups is 1. The predicted molar refractivity (Wildman–Crippen MR) is 73.6 cm³/mol. The van der Waals surface area contributed by atoms with Gasteiger partial charge in [-0.05, 0) is 59.7 Å². The maximum absolute atomic E-state index is 11.2. The van der Waals surface area contributed by atoms with E-state index in [1.807, 2.05) is 6.92 Å². The Morgan fingerprint density at radius 2 is 2.06 bits per heavy atom. The van der Waals surface area contributed by atoms with Crippen LogP contribution in [0.2, 0.25) is 0 Å². The summed E-state index contributed by atoms with van der Waals surface area (Å²) in [5.74, 6) is -0.0751. The van der Waals surface area contributed by atoms with Crippen LogP contribution in [-0.2, 0) is 9.53 Å². The number of carbonyl (C=O) groups excluding carboxylic acids is 1. The van der Waals surface area contributed by atoms with Gasteiger partial charge in [-0.15, -0.1) is 0 Å². The Morgan fingerprint density at radius 1 is 1.39 bits per heavy atom. The smallest absolute Gasteiger partial charge is 0.305 e. The zero-order valence-electron chi connectivity index (χ0n) is 12.1. The van der Waals surface area contributed by atoms with Crippen LogP contribution >= 0.6 is 0 Å². The van der Waals surface area contributed by atoms with Crippen LogP contribution in [0.5, 0.6) is 0 Å². The molecule has 1 rings (SSSR count). The zero-order valence-corrected chi connectivity index (χ0v) is 12.1. The summed E-state index contributed by atoms with van der Waals surface area (Å²) in [4.78, 5) is 13.7. The molecule has 106 valence electrons. The van der Waals surface area contributed by atoms with Crippen LogP contribution in [0.4, 0.5) is 0 Å². The van der Waals surface area contributed by atoms with E-state index in [0.717, 1.165) is 13.0 Å². The molecule has 4 nitrogen and oxygen atoms in total. The minimum atomic E-state index is -0.0751. The second-order valence-electron chi connectivity index (χ2n) is 5.27. The molecule has 0 atom stereocenters. The van der Waals surface area contributed by atoms with Gasteiger partial charge in [-0.25, -0.2) is 0 Å². The molecule has 0 unspecified atom stereocenters. The highest BCUT2D eigenvalue weighted by molar-refractivity contribution is 5.69. The number of rotatable bonds is 7. The summed E-state index contributed by atoms with van der Waals surface area (Å²) in [6.45, 7) is 10.1. The van der Waals surface area contributed by atoms with E-state index in [9.17, 15) is 4.79 Å². The van der Waals surface area contributed by atoms with E-state index < -0.39 is 0 Å². The fourth-order valence-electron chi connectivity index (χ4n) is 2.39. The molecule has 0 aromatic carbocycles. The SMILES string of the molecule is CCOC(=O)CCCNC1CCN(C(C)C)CC1. The summed E-state index contributed by atoms with van der Waals surface area (Å²) in [5, 5.41) is 3.54. The lowest BCUT2D eigenvalue weighted by Crippen LogP contribution is -2.45. The van der Waals surface area contributed by atoms with Crippen LogP contribution in [-0.4, -0.2) is 49.2 Å². The second-order valence-corrected chi connectivity index (χ2v) is 5.27. The van der Waals surface area contributed by atoms with Crippen molar-refractivity contribution in [1.82, 2.24) is 10.2 Å². The van der Waals surface area contributed by atoms with Gasteiger partial charge in [0.15, 0.2) is 0 Å². The van der Waals surface area contributed by atoms with Gasteiger partial charge >= 0.3 is 5.97 Å². The first-order valence-corrected chi connectivity index (χ1v) is 7.26. The van der Waals surface area contributed by atoms with Gasteiger partial charge in [0.2, 0.25) is 0 Å². The number of piperidine rings is 1. The van der Waals surface area contributed by atoms with Crippen molar-refractivity contribution in [2.45, 2.75) is 58.5 Å². The Bertz CT molecular complexity index is 236. The number of nitrogens with zero attached hydrogens (tertiary/aromatic N) is 1. The Hall–Kier alpha value is -0.610. The van der Waals surface area contributed by atoms with Gasteiger partial charge < -0.3 is 15.0 Å². The molecule has 0 aliphatic carbocycles. The van der Waals surface area contributed by atoms with Crippen molar-refractivity contribution in [2.75, 3.05) is 26.2 Å². The lowest BCUT2D eigenvalue weighted by atomic mass is 10.0. The van der Waals surface area contributed by atoms with E-state index in [-0.39, 0.29) is 5.97 Å². The number of hydrogen-bond acceptors (Lipinski definition) is 4. The van der Waals surface area contributed by atoms with Crippen molar-refractivity contribution in [3.8, 4) is 0 Å².